The lowest BCUT2D eigenvalue weighted by molar-refractivity contribution is -0.0387. The molecule has 0 N–H and O–H groups in total. The van der Waals surface area contributed by atoms with Crippen LogP contribution in [-0.2, 0) is 4.74 Å². The van der Waals surface area contributed by atoms with Crippen LogP contribution in [0.3, 0.4) is 0 Å². The first-order valence-corrected chi connectivity index (χ1v) is 7.08. The summed E-state index contributed by atoms with van der Waals surface area (Å²) in [5, 5.41) is 0. The number of methoxy groups -OCH3 is 1. The fourth-order valence-corrected chi connectivity index (χ4v) is 2.55. The lowest BCUT2D eigenvalue weighted by Crippen LogP contribution is -2.50. The molecule has 4 nitrogen and oxygen atoms in total. The highest BCUT2D eigenvalue weighted by molar-refractivity contribution is 9.10. The highest BCUT2D eigenvalue weighted by Gasteiger charge is 2.29. The Bertz CT molecular complexity index is 478. The van der Waals surface area contributed by atoms with Gasteiger partial charge in [0.15, 0.2) is 0 Å². The predicted molar refractivity (Wildman–Crippen MR) is 76.6 cm³/mol. The first-order valence-electron chi connectivity index (χ1n) is 6.29. The number of ether oxygens (including phenoxy) is 2. The van der Waals surface area contributed by atoms with Gasteiger partial charge in [-0.3, -0.25) is 4.79 Å². The molecule has 19 heavy (non-hydrogen) atoms. The van der Waals surface area contributed by atoms with Gasteiger partial charge in [-0.1, -0.05) is 0 Å². The van der Waals surface area contributed by atoms with Crippen LogP contribution in [0.5, 0.6) is 5.75 Å². The number of halogens is 1. The summed E-state index contributed by atoms with van der Waals surface area (Å²) < 4.78 is 11.5. The highest BCUT2D eigenvalue weighted by atomic mass is 79.9. The average molecular weight is 328 g/mol. The number of carbonyl (C=O) groups excluding carboxylic acids is 1. The van der Waals surface area contributed by atoms with E-state index in [0.29, 0.717) is 24.5 Å². The van der Waals surface area contributed by atoms with Crippen molar-refractivity contribution in [2.45, 2.75) is 26.0 Å². The van der Waals surface area contributed by atoms with Crippen molar-refractivity contribution < 1.29 is 14.3 Å². The van der Waals surface area contributed by atoms with Crippen LogP contribution < -0.4 is 4.74 Å². The molecule has 0 aliphatic carbocycles. The molecular weight excluding hydrogens is 310 g/mol. The molecule has 0 bridgehead atoms. The zero-order valence-electron chi connectivity index (χ0n) is 11.4. The summed E-state index contributed by atoms with van der Waals surface area (Å²) in [5.74, 6) is 0.689. The monoisotopic (exact) mass is 327 g/mol. The summed E-state index contributed by atoms with van der Waals surface area (Å²) in [6.07, 6.45) is 0.0736. The molecule has 1 fully saturated rings. The Kier molecular flexibility index (Phi) is 4.47. The van der Waals surface area contributed by atoms with Gasteiger partial charge in [0.2, 0.25) is 0 Å². The molecular formula is C14H18BrNO3. The molecule has 0 unspecified atom stereocenters. The topological polar surface area (TPSA) is 38.8 Å². The Balaban J connectivity index is 2.27. The molecule has 0 aromatic heterocycles. The van der Waals surface area contributed by atoms with Gasteiger partial charge >= 0.3 is 0 Å². The van der Waals surface area contributed by atoms with Gasteiger partial charge in [-0.2, -0.15) is 0 Å². The van der Waals surface area contributed by atoms with Crippen LogP contribution in [0.4, 0.5) is 0 Å². The molecule has 0 radical (unpaired) electrons. The van der Waals surface area contributed by atoms with Crippen molar-refractivity contribution in [3.63, 3.8) is 0 Å². The van der Waals surface area contributed by atoms with Crippen LogP contribution in [0.25, 0.3) is 0 Å². The van der Waals surface area contributed by atoms with E-state index in [9.17, 15) is 4.79 Å². The van der Waals surface area contributed by atoms with Gasteiger partial charge in [-0.05, 0) is 48.0 Å². The maximum atomic E-state index is 12.6. The number of carbonyl (C=O) groups is 1. The Morgan fingerprint density at radius 1 is 1.47 bits per heavy atom. The van der Waals surface area contributed by atoms with Crippen LogP contribution in [0.1, 0.15) is 24.2 Å². The summed E-state index contributed by atoms with van der Waals surface area (Å²) in [6, 6.07) is 5.51. The Labute approximate surface area is 121 Å². The molecule has 0 saturated carbocycles. The van der Waals surface area contributed by atoms with Gasteiger partial charge < -0.3 is 14.4 Å². The second-order valence-electron chi connectivity index (χ2n) is 4.80. The number of hydrogen-bond acceptors (Lipinski definition) is 3. The predicted octanol–water partition coefficient (Wildman–Crippen LogP) is 2.71. The summed E-state index contributed by atoms with van der Waals surface area (Å²) in [4.78, 5) is 14.5. The number of hydrogen-bond donors (Lipinski definition) is 0. The van der Waals surface area contributed by atoms with E-state index in [2.05, 4.69) is 15.9 Å². The van der Waals surface area contributed by atoms with Gasteiger partial charge in [-0.25, -0.2) is 0 Å². The minimum absolute atomic E-state index is 0.00780. The van der Waals surface area contributed by atoms with E-state index in [-0.39, 0.29) is 18.1 Å². The molecule has 1 aromatic carbocycles. The highest BCUT2D eigenvalue weighted by Crippen LogP contribution is 2.25. The smallest absolute Gasteiger partial charge is 0.255 e. The van der Waals surface area contributed by atoms with E-state index < -0.39 is 0 Å². The van der Waals surface area contributed by atoms with Crippen LogP contribution >= 0.6 is 15.9 Å². The van der Waals surface area contributed by atoms with Gasteiger partial charge in [-0.15, -0.1) is 0 Å². The van der Waals surface area contributed by atoms with Gasteiger partial charge in [0.05, 0.1) is 31.4 Å². The molecule has 104 valence electrons. The average Bonchev–Trinajstić information content (AvgIpc) is 2.41. The van der Waals surface area contributed by atoms with Gasteiger partial charge in [0, 0.05) is 11.0 Å². The fourth-order valence-electron chi connectivity index (χ4n) is 2.14. The maximum absolute atomic E-state index is 12.6. The van der Waals surface area contributed by atoms with E-state index in [1.807, 2.05) is 30.9 Å². The van der Waals surface area contributed by atoms with Crippen molar-refractivity contribution in [2.24, 2.45) is 0 Å². The summed E-state index contributed by atoms with van der Waals surface area (Å²) in [6.45, 7) is 5.17. The number of benzene rings is 1. The Morgan fingerprint density at radius 3 is 2.89 bits per heavy atom. The maximum Gasteiger partial charge on any atom is 0.255 e. The van der Waals surface area contributed by atoms with Gasteiger partial charge in [0.1, 0.15) is 5.75 Å². The molecule has 5 heteroatoms. The molecule has 1 heterocycles. The lowest BCUT2D eigenvalue weighted by atomic mass is 10.1. The van der Waals surface area contributed by atoms with Gasteiger partial charge in [0.25, 0.3) is 5.91 Å². The third-order valence-corrected chi connectivity index (χ3v) is 3.96. The zero-order valence-corrected chi connectivity index (χ0v) is 12.9. The van der Waals surface area contributed by atoms with E-state index in [4.69, 9.17) is 9.47 Å². The lowest BCUT2D eigenvalue weighted by Gasteiger charge is -2.37. The van der Waals surface area contributed by atoms with E-state index in [1.54, 1.807) is 13.2 Å². The fraction of sp³-hybridized carbons (Fsp3) is 0.500. The Morgan fingerprint density at radius 2 is 2.21 bits per heavy atom. The molecule has 1 aliphatic heterocycles. The molecule has 1 aliphatic rings. The quantitative estimate of drug-likeness (QED) is 0.838. The molecule has 2 atom stereocenters. The standard InChI is InChI=1S/C14H18BrNO3/c1-9-8-19-10(2)7-16(9)14(17)12-6-11(18-3)4-5-13(12)15/h4-6,9-10H,7-8H2,1-3H3/t9-,10-/m0/s1. The minimum atomic E-state index is 0.00780. The second-order valence-corrected chi connectivity index (χ2v) is 5.65. The van der Waals surface area contributed by atoms with Crippen LogP contribution in [0.2, 0.25) is 0 Å². The van der Waals surface area contributed by atoms with E-state index >= 15 is 0 Å². The third-order valence-electron chi connectivity index (χ3n) is 3.27. The van der Waals surface area contributed by atoms with E-state index in [1.165, 1.54) is 0 Å². The number of amides is 1. The van der Waals surface area contributed by atoms with Crippen molar-refractivity contribution >= 4 is 21.8 Å². The van der Waals surface area contributed by atoms with Crippen molar-refractivity contribution in [1.29, 1.82) is 0 Å². The normalized spacial score (nSPS) is 23.3. The van der Waals surface area contributed by atoms with Crippen molar-refractivity contribution in [2.75, 3.05) is 20.3 Å². The molecule has 2 rings (SSSR count). The van der Waals surface area contributed by atoms with Crippen molar-refractivity contribution in [3.8, 4) is 5.75 Å². The zero-order chi connectivity index (χ0) is 14.0. The first kappa shape index (κ1) is 14.3. The number of rotatable bonds is 2. The number of morpholine rings is 1. The minimum Gasteiger partial charge on any atom is -0.497 e. The SMILES string of the molecule is COc1ccc(Br)c(C(=O)N2C[C@H](C)OC[C@@H]2C)c1. The first-order chi connectivity index (χ1) is 9.02. The van der Waals surface area contributed by atoms with Crippen molar-refractivity contribution in [3.05, 3.63) is 28.2 Å². The molecule has 0 spiro atoms. The van der Waals surface area contributed by atoms with Crippen LogP contribution in [0.15, 0.2) is 22.7 Å². The van der Waals surface area contributed by atoms with Crippen LogP contribution in [-0.4, -0.2) is 43.2 Å². The summed E-state index contributed by atoms with van der Waals surface area (Å²) in [5.41, 5.74) is 0.625. The Hall–Kier alpha value is -1.07. The van der Waals surface area contributed by atoms with E-state index in [0.717, 1.165) is 4.47 Å². The largest absolute Gasteiger partial charge is 0.497 e. The molecule has 1 amide bonds. The summed E-state index contributed by atoms with van der Waals surface area (Å²) >= 11 is 3.43. The second kappa shape index (κ2) is 5.92. The molecule has 1 saturated heterocycles. The van der Waals surface area contributed by atoms with Crippen molar-refractivity contribution in [1.82, 2.24) is 4.90 Å². The van der Waals surface area contributed by atoms with Crippen LogP contribution in [0, 0.1) is 0 Å². The summed E-state index contributed by atoms with van der Waals surface area (Å²) in [7, 11) is 1.59. The molecule has 1 aromatic rings. The third kappa shape index (κ3) is 3.09. The number of nitrogens with zero attached hydrogens (tertiary/aromatic N) is 1.